The first kappa shape index (κ1) is 15.0. The Morgan fingerprint density at radius 2 is 1.82 bits per heavy atom. The van der Waals surface area contributed by atoms with Gasteiger partial charge in [-0.15, -0.1) is 0 Å². The molecule has 2 rings (SSSR count). The largest absolute Gasteiger partial charge is 0.369 e. The van der Waals surface area contributed by atoms with Crippen LogP contribution in [0.1, 0.15) is 15.9 Å². The molecule has 7 nitrogen and oxygen atoms in total. The second-order valence-corrected chi connectivity index (χ2v) is 4.42. The van der Waals surface area contributed by atoms with Gasteiger partial charge in [-0.1, -0.05) is 12.1 Å². The lowest BCUT2D eigenvalue weighted by molar-refractivity contribution is 0.100. The van der Waals surface area contributed by atoms with E-state index in [0.717, 1.165) is 5.56 Å². The van der Waals surface area contributed by atoms with Gasteiger partial charge in [0.2, 0.25) is 11.9 Å². The van der Waals surface area contributed by atoms with Gasteiger partial charge < -0.3 is 11.5 Å². The van der Waals surface area contributed by atoms with Crippen molar-refractivity contribution in [2.75, 3.05) is 0 Å². The Labute approximate surface area is 127 Å². The van der Waals surface area contributed by atoms with Crippen LogP contribution >= 0.6 is 0 Å². The Morgan fingerprint density at radius 3 is 2.36 bits per heavy atom. The molecule has 1 aromatic carbocycles. The molecule has 1 amide bonds. The molecule has 0 unspecified atom stereocenters. The third kappa shape index (κ3) is 3.80. The summed E-state index contributed by atoms with van der Waals surface area (Å²) in [5.74, 6) is -0.421. The first-order chi connectivity index (χ1) is 10.6. The number of carbonyl (C=O) groups is 1. The molecule has 110 valence electrons. The number of aliphatic imine (C=N–C) groups is 1. The third-order valence-corrected chi connectivity index (χ3v) is 2.88. The summed E-state index contributed by atoms with van der Waals surface area (Å²) in [4.78, 5) is 20.3. The van der Waals surface area contributed by atoms with Crippen molar-refractivity contribution in [1.82, 2.24) is 9.88 Å². The van der Waals surface area contributed by atoms with E-state index in [1.54, 1.807) is 48.8 Å². The molecule has 0 aliphatic heterocycles. The number of nitriles is 1. The number of nitrogens with two attached hydrogens (primary N) is 2. The van der Waals surface area contributed by atoms with Gasteiger partial charge in [0.25, 0.3) is 0 Å². The number of guanidine groups is 1. The Morgan fingerprint density at radius 1 is 1.18 bits per heavy atom. The fraction of sp³-hybridized carbons (Fsp3) is 0.0667. The highest BCUT2D eigenvalue weighted by molar-refractivity contribution is 5.92. The van der Waals surface area contributed by atoms with Crippen LogP contribution in [0.4, 0.5) is 5.69 Å². The van der Waals surface area contributed by atoms with Crippen molar-refractivity contribution in [3.8, 4) is 6.19 Å². The molecule has 1 heterocycles. The summed E-state index contributed by atoms with van der Waals surface area (Å²) in [6.45, 7) is 0.246. The molecule has 0 fully saturated rings. The fourth-order valence-electron chi connectivity index (χ4n) is 1.74. The predicted molar refractivity (Wildman–Crippen MR) is 81.6 cm³/mol. The normalized spacial score (nSPS) is 10.8. The van der Waals surface area contributed by atoms with Crippen molar-refractivity contribution in [3.05, 3.63) is 59.9 Å². The van der Waals surface area contributed by atoms with Crippen LogP contribution in [0.2, 0.25) is 0 Å². The number of carbonyl (C=O) groups excluding carboxylic acids is 1. The highest BCUT2D eigenvalue weighted by atomic mass is 16.1. The molecule has 2 aromatic rings. The second kappa shape index (κ2) is 6.85. The number of benzene rings is 1. The van der Waals surface area contributed by atoms with Crippen LogP contribution in [-0.4, -0.2) is 21.8 Å². The maximum Gasteiger partial charge on any atom is 0.248 e. The summed E-state index contributed by atoms with van der Waals surface area (Å²) in [5, 5.41) is 9.21. The lowest BCUT2D eigenvalue weighted by atomic mass is 10.1. The molecular weight excluding hydrogens is 280 g/mol. The average Bonchev–Trinajstić information content (AvgIpc) is 2.53. The molecule has 0 aliphatic rings. The van der Waals surface area contributed by atoms with E-state index < -0.39 is 5.91 Å². The Hall–Kier alpha value is -3.40. The topological polar surface area (TPSA) is 121 Å². The van der Waals surface area contributed by atoms with E-state index >= 15 is 0 Å². The number of nitrogens with zero attached hydrogens (tertiary/aromatic N) is 4. The second-order valence-electron chi connectivity index (χ2n) is 4.42. The van der Waals surface area contributed by atoms with Crippen molar-refractivity contribution in [3.63, 3.8) is 0 Å². The van der Waals surface area contributed by atoms with Crippen LogP contribution < -0.4 is 11.5 Å². The maximum absolute atomic E-state index is 11.0. The number of hydrogen-bond donors (Lipinski definition) is 2. The van der Waals surface area contributed by atoms with E-state index in [4.69, 9.17) is 11.5 Å². The minimum atomic E-state index is -0.498. The van der Waals surface area contributed by atoms with Crippen molar-refractivity contribution in [2.45, 2.75) is 6.54 Å². The molecule has 0 saturated carbocycles. The number of rotatable bonds is 4. The quantitative estimate of drug-likeness (QED) is 0.378. The molecular formula is C15H14N6O. The molecule has 0 bridgehead atoms. The first-order valence-electron chi connectivity index (χ1n) is 6.40. The van der Waals surface area contributed by atoms with Gasteiger partial charge >= 0.3 is 0 Å². The first-order valence-corrected chi connectivity index (χ1v) is 6.40. The van der Waals surface area contributed by atoms with Crippen LogP contribution in [0.3, 0.4) is 0 Å². The van der Waals surface area contributed by atoms with Crippen LogP contribution in [0, 0.1) is 11.5 Å². The fourth-order valence-corrected chi connectivity index (χ4v) is 1.74. The molecule has 1 aromatic heterocycles. The van der Waals surface area contributed by atoms with Gasteiger partial charge in [0, 0.05) is 18.0 Å². The van der Waals surface area contributed by atoms with Crippen LogP contribution in [-0.2, 0) is 6.54 Å². The highest BCUT2D eigenvalue weighted by Gasteiger charge is 2.09. The average molecular weight is 294 g/mol. The minimum absolute atomic E-state index is 0.0766. The zero-order valence-electron chi connectivity index (χ0n) is 11.7. The lowest BCUT2D eigenvalue weighted by Gasteiger charge is -2.14. The number of aromatic nitrogens is 1. The molecule has 22 heavy (non-hydrogen) atoms. The van der Waals surface area contributed by atoms with E-state index in [-0.39, 0.29) is 12.5 Å². The summed E-state index contributed by atoms with van der Waals surface area (Å²) >= 11 is 0. The molecule has 0 atom stereocenters. The summed E-state index contributed by atoms with van der Waals surface area (Å²) in [6.07, 6.45) is 5.16. The van der Waals surface area contributed by atoms with E-state index in [1.807, 2.05) is 6.19 Å². The molecule has 7 heteroatoms. The van der Waals surface area contributed by atoms with Gasteiger partial charge in [-0.2, -0.15) is 5.26 Å². The van der Waals surface area contributed by atoms with Crippen molar-refractivity contribution >= 4 is 17.6 Å². The Balaban J connectivity index is 2.13. The maximum atomic E-state index is 11.0. The molecule has 0 aliphatic carbocycles. The molecule has 4 N–H and O–H groups in total. The Kier molecular flexibility index (Phi) is 4.67. The summed E-state index contributed by atoms with van der Waals surface area (Å²) in [5.41, 5.74) is 12.8. The number of hydrogen-bond acceptors (Lipinski definition) is 4. The highest BCUT2D eigenvalue weighted by Crippen LogP contribution is 2.11. The molecule has 0 saturated heterocycles. The van der Waals surface area contributed by atoms with Gasteiger partial charge in [0.15, 0.2) is 6.19 Å². The summed E-state index contributed by atoms with van der Waals surface area (Å²) in [7, 11) is 0. The zero-order valence-corrected chi connectivity index (χ0v) is 11.7. The zero-order chi connectivity index (χ0) is 15.9. The van der Waals surface area contributed by atoms with Gasteiger partial charge in [0.05, 0.1) is 12.2 Å². The molecule has 0 spiro atoms. The van der Waals surface area contributed by atoms with E-state index in [9.17, 15) is 10.1 Å². The Bertz CT molecular complexity index is 718. The van der Waals surface area contributed by atoms with Crippen LogP contribution in [0.5, 0.6) is 0 Å². The number of amides is 1. The number of pyridine rings is 1. The smallest absolute Gasteiger partial charge is 0.248 e. The minimum Gasteiger partial charge on any atom is -0.369 e. The van der Waals surface area contributed by atoms with Crippen molar-refractivity contribution in [2.24, 2.45) is 16.5 Å². The monoisotopic (exact) mass is 294 g/mol. The van der Waals surface area contributed by atoms with Crippen molar-refractivity contribution < 1.29 is 4.79 Å². The van der Waals surface area contributed by atoms with E-state index in [1.165, 1.54) is 4.90 Å². The molecule has 0 radical (unpaired) electrons. The van der Waals surface area contributed by atoms with Crippen LogP contribution in [0.15, 0.2) is 53.8 Å². The SMILES string of the molecule is N#CN(Cc1ccc(C(N)=O)cc1)C(N)=Nc1ccncc1. The van der Waals surface area contributed by atoms with Crippen LogP contribution in [0.25, 0.3) is 0 Å². The van der Waals surface area contributed by atoms with Gasteiger partial charge in [0.1, 0.15) is 0 Å². The van der Waals surface area contributed by atoms with E-state index in [2.05, 4.69) is 9.98 Å². The summed E-state index contributed by atoms with van der Waals surface area (Å²) < 4.78 is 0. The van der Waals surface area contributed by atoms with Gasteiger partial charge in [-0.3, -0.25) is 9.78 Å². The standard InChI is InChI=1S/C15H14N6O/c16-10-21(15(18)20-13-5-7-19-8-6-13)9-11-1-3-12(4-2-11)14(17)22/h1-8H,9H2,(H2,17,22)(H2,18,19,20). The number of primary amides is 1. The third-order valence-electron chi connectivity index (χ3n) is 2.88. The summed E-state index contributed by atoms with van der Waals surface area (Å²) in [6, 6.07) is 10.00. The van der Waals surface area contributed by atoms with Gasteiger partial charge in [-0.05, 0) is 29.8 Å². The van der Waals surface area contributed by atoms with Crippen molar-refractivity contribution in [1.29, 1.82) is 5.26 Å². The predicted octanol–water partition coefficient (Wildman–Crippen LogP) is 1.11. The van der Waals surface area contributed by atoms with E-state index in [0.29, 0.717) is 11.3 Å². The van der Waals surface area contributed by atoms with Gasteiger partial charge in [-0.25, -0.2) is 9.89 Å². The lowest BCUT2D eigenvalue weighted by Crippen LogP contribution is -2.32.